The highest BCUT2D eigenvalue weighted by Gasteiger charge is 2.37. The Bertz CT molecular complexity index is 1590. The van der Waals surface area contributed by atoms with Gasteiger partial charge < -0.3 is 14.6 Å². The smallest absolute Gasteiger partial charge is 0.379 e. The van der Waals surface area contributed by atoms with Crippen molar-refractivity contribution >= 4 is 22.7 Å². The van der Waals surface area contributed by atoms with E-state index in [1.165, 1.54) is 24.9 Å². The van der Waals surface area contributed by atoms with Crippen LogP contribution in [0.3, 0.4) is 0 Å². The summed E-state index contributed by atoms with van der Waals surface area (Å²) in [7, 11) is 0. The van der Waals surface area contributed by atoms with Crippen LogP contribution < -0.4 is 5.32 Å². The lowest BCUT2D eigenvalue weighted by Gasteiger charge is -2.26. The number of benzene rings is 2. The highest BCUT2D eigenvalue weighted by Crippen LogP contribution is 2.39. The number of nitrogens with one attached hydrogen (secondary N) is 1. The van der Waals surface area contributed by atoms with Crippen molar-refractivity contribution in [3.63, 3.8) is 0 Å². The Balaban J connectivity index is 0.000000387. The van der Waals surface area contributed by atoms with Gasteiger partial charge in [-0.2, -0.15) is 31.3 Å². The first-order valence-corrected chi connectivity index (χ1v) is 16.8. The van der Waals surface area contributed by atoms with E-state index in [0.29, 0.717) is 17.8 Å². The molecular formula is C36H43F6N5O. The number of alkyl halides is 6. The minimum Gasteiger partial charge on any atom is -0.379 e. The van der Waals surface area contributed by atoms with Crippen molar-refractivity contribution in [3.8, 4) is 11.1 Å². The second kappa shape index (κ2) is 15.7. The number of rotatable bonds is 8. The van der Waals surface area contributed by atoms with Gasteiger partial charge in [-0.3, -0.25) is 4.90 Å². The maximum atomic E-state index is 13.3. The van der Waals surface area contributed by atoms with Gasteiger partial charge >= 0.3 is 12.4 Å². The number of nitrogens with zero attached hydrogens (tertiary/aromatic N) is 4. The SMILES string of the molecule is CCCCN1CCOCC1.CCc1ccc(-c2cn(C3CCCCC3)c3nc(Nc4cc(C(F)(F)F)cc(C(F)(F)F)c4)ncc23)cc1. The number of anilines is 2. The lowest BCUT2D eigenvalue weighted by atomic mass is 9.95. The average molecular weight is 676 g/mol. The normalized spacial score (nSPS) is 16.5. The molecule has 12 heteroatoms. The molecule has 2 fully saturated rings. The van der Waals surface area contributed by atoms with Crippen molar-refractivity contribution < 1.29 is 31.1 Å². The van der Waals surface area contributed by atoms with Gasteiger partial charge in [0.2, 0.25) is 5.95 Å². The van der Waals surface area contributed by atoms with Crippen molar-refractivity contribution in [2.75, 3.05) is 38.2 Å². The summed E-state index contributed by atoms with van der Waals surface area (Å²) in [6.45, 7) is 9.72. The van der Waals surface area contributed by atoms with Gasteiger partial charge in [-0.25, -0.2) is 4.98 Å². The van der Waals surface area contributed by atoms with E-state index in [4.69, 9.17) is 4.74 Å². The fraction of sp³-hybridized carbons (Fsp3) is 0.500. The highest BCUT2D eigenvalue weighted by atomic mass is 19.4. The predicted octanol–water partition coefficient (Wildman–Crippen LogP) is 10.1. The zero-order valence-corrected chi connectivity index (χ0v) is 27.4. The van der Waals surface area contributed by atoms with Gasteiger partial charge in [0.15, 0.2) is 0 Å². The maximum absolute atomic E-state index is 13.3. The van der Waals surface area contributed by atoms with Crippen LogP contribution >= 0.6 is 0 Å². The molecule has 1 aliphatic heterocycles. The quantitative estimate of drug-likeness (QED) is 0.189. The topological polar surface area (TPSA) is 55.2 Å². The monoisotopic (exact) mass is 675 g/mol. The van der Waals surface area contributed by atoms with Gasteiger partial charge in [0.05, 0.1) is 24.3 Å². The molecule has 6 rings (SSSR count). The van der Waals surface area contributed by atoms with Crippen LogP contribution in [0.4, 0.5) is 38.0 Å². The number of unbranched alkanes of at least 4 members (excludes halogenated alkanes) is 1. The molecule has 1 aliphatic carbocycles. The molecular weight excluding hydrogens is 632 g/mol. The van der Waals surface area contributed by atoms with Gasteiger partial charge in [0, 0.05) is 48.2 Å². The Labute approximate surface area is 277 Å². The van der Waals surface area contributed by atoms with E-state index in [2.05, 4.69) is 50.7 Å². The molecule has 4 aromatic rings. The molecule has 0 bridgehead atoms. The van der Waals surface area contributed by atoms with E-state index in [9.17, 15) is 26.3 Å². The van der Waals surface area contributed by atoms with Crippen molar-refractivity contribution in [1.29, 1.82) is 0 Å². The molecule has 0 atom stereocenters. The van der Waals surface area contributed by atoms with Crippen LogP contribution in [0.2, 0.25) is 0 Å². The summed E-state index contributed by atoms with van der Waals surface area (Å²) >= 11 is 0. The lowest BCUT2D eigenvalue weighted by molar-refractivity contribution is -0.143. The molecule has 2 aromatic heterocycles. The molecule has 0 amide bonds. The number of hydrogen-bond donors (Lipinski definition) is 1. The molecule has 1 saturated heterocycles. The first-order chi connectivity index (χ1) is 23.0. The van der Waals surface area contributed by atoms with Crippen LogP contribution in [0.15, 0.2) is 54.9 Å². The lowest BCUT2D eigenvalue weighted by Crippen LogP contribution is -2.36. The van der Waals surface area contributed by atoms with Crippen LogP contribution in [0, 0.1) is 0 Å². The Morgan fingerprint density at radius 3 is 2.10 bits per heavy atom. The number of morpholine rings is 1. The van der Waals surface area contributed by atoms with Crippen molar-refractivity contribution in [2.45, 2.75) is 83.6 Å². The van der Waals surface area contributed by atoms with Crippen LogP contribution in [-0.2, 0) is 23.5 Å². The number of halogens is 6. The number of aromatic nitrogens is 3. The molecule has 2 aromatic carbocycles. The summed E-state index contributed by atoms with van der Waals surface area (Å²) in [5, 5.41) is 3.35. The maximum Gasteiger partial charge on any atom is 0.416 e. The third-order valence-corrected chi connectivity index (χ3v) is 8.99. The molecule has 0 unspecified atom stereocenters. The van der Waals surface area contributed by atoms with Gasteiger partial charge in [-0.1, -0.05) is 63.8 Å². The molecule has 6 nitrogen and oxygen atoms in total. The minimum atomic E-state index is -4.94. The molecule has 48 heavy (non-hydrogen) atoms. The summed E-state index contributed by atoms with van der Waals surface area (Å²) in [5.74, 6) is -0.0759. The Hall–Kier alpha value is -3.64. The van der Waals surface area contributed by atoms with E-state index < -0.39 is 29.2 Å². The van der Waals surface area contributed by atoms with Gasteiger partial charge in [0.25, 0.3) is 0 Å². The van der Waals surface area contributed by atoms with E-state index in [-0.39, 0.29) is 18.1 Å². The number of hydrogen-bond acceptors (Lipinski definition) is 5. The fourth-order valence-electron chi connectivity index (χ4n) is 6.24. The van der Waals surface area contributed by atoms with E-state index in [1.807, 2.05) is 18.3 Å². The third-order valence-electron chi connectivity index (χ3n) is 8.99. The summed E-state index contributed by atoms with van der Waals surface area (Å²) in [4.78, 5) is 11.3. The second-order valence-electron chi connectivity index (χ2n) is 12.5. The molecule has 1 saturated carbocycles. The first-order valence-electron chi connectivity index (χ1n) is 16.8. The molecule has 260 valence electrons. The predicted molar refractivity (Wildman–Crippen MR) is 176 cm³/mol. The first kappa shape index (κ1) is 35.7. The molecule has 3 heterocycles. The van der Waals surface area contributed by atoms with Crippen molar-refractivity contribution in [1.82, 2.24) is 19.4 Å². The van der Waals surface area contributed by atoms with E-state index in [0.717, 1.165) is 81.3 Å². The van der Waals surface area contributed by atoms with Gasteiger partial charge in [-0.15, -0.1) is 0 Å². The second-order valence-corrected chi connectivity index (χ2v) is 12.5. The standard InChI is InChI=1S/C28H26F6N4.C8H17NO/c1-2-17-8-10-18(11-9-17)24-16-38(22-6-4-3-5-7-22)25-23(24)15-35-26(37-25)36-21-13-19(27(29,30)31)12-20(14-21)28(32,33)34;1-2-3-4-9-5-7-10-8-6-9/h8-16,22H,2-7H2,1H3,(H,35,36,37);2-8H2,1H3. The molecule has 0 spiro atoms. The van der Waals surface area contributed by atoms with Crippen LogP contribution in [-0.4, -0.2) is 52.3 Å². The Morgan fingerprint density at radius 2 is 1.52 bits per heavy atom. The number of ether oxygens (including phenoxy) is 1. The van der Waals surface area contributed by atoms with Crippen LogP contribution in [0.1, 0.15) is 81.5 Å². The largest absolute Gasteiger partial charge is 0.416 e. The van der Waals surface area contributed by atoms with Crippen LogP contribution in [0.5, 0.6) is 0 Å². The molecule has 0 radical (unpaired) electrons. The molecule has 2 aliphatic rings. The van der Waals surface area contributed by atoms with E-state index in [1.54, 1.807) is 6.20 Å². The fourth-order valence-corrected chi connectivity index (χ4v) is 6.24. The van der Waals surface area contributed by atoms with Crippen molar-refractivity contribution in [3.05, 3.63) is 71.5 Å². The Morgan fingerprint density at radius 1 is 0.875 bits per heavy atom. The number of aryl methyl sites for hydroxylation is 1. The average Bonchev–Trinajstić information content (AvgIpc) is 3.46. The summed E-state index contributed by atoms with van der Waals surface area (Å²) < 4.78 is 87.3. The summed E-state index contributed by atoms with van der Waals surface area (Å²) in [6.07, 6.45) is 2.50. The number of fused-ring (bicyclic) bond motifs is 1. The summed E-state index contributed by atoms with van der Waals surface area (Å²) in [5.41, 5.74) is 0.506. The van der Waals surface area contributed by atoms with Crippen molar-refractivity contribution in [2.24, 2.45) is 0 Å². The van der Waals surface area contributed by atoms with Crippen LogP contribution in [0.25, 0.3) is 22.2 Å². The van der Waals surface area contributed by atoms with Gasteiger partial charge in [-0.05, 0) is 61.6 Å². The highest BCUT2D eigenvalue weighted by molar-refractivity contribution is 5.94. The zero-order chi connectivity index (χ0) is 34.3. The zero-order valence-electron chi connectivity index (χ0n) is 27.4. The Kier molecular flexibility index (Phi) is 11.7. The van der Waals surface area contributed by atoms with Gasteiger partial charge in [0.1, 0.15) is 5.65 Å². The van der Waals surface area contributed by atoms with E-state index >= 15 is 0 Å². The molecule has 1 N–H and O–H groups in total. The summed E-state index contributed by atoms with van der Waals surface area (Å²) in [6, 6.07) is 9.73. The minimum absolute atomic E-state index is 0.0759. The third kappa shape index (κ3) is 9.07.